The van der Waals surface area contributed by atoms with Gasteiger partial charge in [-0.15, -0.1) is 11.3 Å². The number of hydrogen-bond acceptors (Lipinski definition) is 15. The first-order valence-electron chi connectivity index (χ1n) is 27.3. The Morgan fingerprint density at radius 2 is 1.80 bits per heavy atom. The molecule has 3 aromatic carbocycles. The van der Waals surface area contributed by atoms with Crippen molar-refractivity contribution in [2.45, 2.75) is 116 Å². The molecular formula is C60H59ClF2N10O6S. The Bertz CT molecular complexity index is 3900. The molecule has 5 aliphatic rings. The second-order valence-corrected chi connectivity index (χ2v) is 22.3. The summed E-state index contributed by atoms with van der Waals surface area (Å²) in [5.74, 6) is -1.93. The molecule has 0 spiro atoms. The van der Waals surface area contributed by atoms with E-state index in [2.05, 4.69) is 22.5 Å². The van der Waals surface area contributed by atoms with Crippen molar-refractivity contribution in [3.8, 4) is 46.4 Å². The molecular weight excluding hydrogens is 1060 g/mol. The number of carbonyl (C=O) groups is 2. The van der Waals surface area contributed by atoms with Gasteiger partial charge in [0.1, 0.15) is 53.3 Å². The summed E-state index contributed by atoms with van der Waals surface area (Å²) in [6.07, 6.45) is 4.24. The van der Waals surface area contributed by atoms with Crippen molar-refractivity contribution in [2.24, 2.45) is 0 Å². The molecule has 80 heavy (non-hydrogen) atoms. The first-order chi connectivity index (χ1) is 38.7. The van der Waals surface area contributed by atoms with Crippen LogP contribution in [0, 0.1) is 34.3 Å². The van der Waals surface area contributed by atoms with E-state index in [1.54, 1.807) is 28.5 Å². The normalized spacial score (nSPS) is 18.4. The third-order valence-corrected chi connectivity index (χ3v) is 18.0. The third-order valence-electron chi connectivity index (χ3n) is 16.7. The van der Waals surface area contributed by atoms with Crippen LogP contribution in [0.1, 0.15) is 107 Å². The minimum absolute atomic E-state index is 0.0118. The van der Waals surface area contributed by atoms with E-state index in [0.29, 0.717) is 53.2 Å². The molecule has 1 amide bonds. The van der Waals surface area contributed by atoms with Crippen LogP contribution in [0.2, 0.25) is 5.02 Å². The standard InChI is InChI=1S/C58H53ClF2N10O6S.C2H6/c1-5-33-37-21-32(9-12-44(37)65-49-40(33)26-71-45(49)23-36-34(6-2)56(74)75-27-41(36)55(71)73)77-30(4)29(3)54(72)70-20-19-68(25-31(70)13-16-62)53-38-22-42(59)47(35-10-11-43(60)51-46(35)39(24-63)52(64)78-51)48(61)50(38)66-57(67-53)76-28-58-14-7-17-69(58)18-8-15-58;1-2/h9-12,21-23,30-31,34H,3,5-8,13-15,17-20,25-28,64H2,1-2,4H3;1-2H3/t30?,31-,34?;/m0./s1. The lowest BCUT2D eigenvalue weighted by molar-refractivity contribution is -0.148. The molecule has 412 valence electrons. The van der Waals surface area contributed by atoms with Crippen molar-refractivity contribution in [3.05, 3.63) is 109 Å². The molecule has 2 unspecified atom stereocenters. The zero-order valence-electron chi connectivity index (χ0n) is 45.2. The summed E-state index contributed by atoms with van der Waals surface area (Å²) in [4.78, 5) is 61.7. The summed E-state index contributed by atoms with van der Waals surface area (Å²) in [7, 11) is 0. The third kappa shape index (κ3) is 8.85. The number of rotatable bonds is 12. The lowest BCUT2D eigenvalue weighted by atomic mass is 9.90. The number of amides is 1. The minimum atomic E-state index is -0.833. The van der Waals surface area contributed by atoms with Gasteiger partial charge in [0.05, 0.1) is 74.3 Å². The number of aryl methyl sites for hydroxylation is 1. The number of cyclic esters (lactones) is 1. The second kappa shape index (κ2) is 21.4. The first kappa shape index (κ1) is 54.3. The summed E-state index contributed by atoms with van der Waals surface area (Å²) in [6, 6.07) is 15.1. The van der Waals surface area contributed by atoms with Crippen molar-refractivity contribution in [1.29, 1.82) is 10.5 Å². The molecule has 3 atom stereocenters. The Hall–Kier alpha value is -7.71. The highest BCUT2D eigenvalue weighted by atomic mass is 35.5. The van der Waals surface area contributed by atoms with Crippen LogP contribution in [0.15, 0.2) is 59.4 Å². The van der Waals surface area contributed by atoms with Crippen molar-refractivity contribution >= 4 is 77.5 Å². The number of fused-ring (bicyclic) bond motifs is 8. The summed E-state index contributed by atoms with van der Waals surface area (Å²) in [5, 5.41) is 21.6. The maximum atomic E-state index is 17.6. The molecule has 0 aliphatic carbocycles. The number of nitriles is 2. The SMILES string of the molecule is C=C(C(=O)N1CCN(c2nc(OCC34CCCN3CCC4)nc3c(F)c(-c4ccc(F)c5sc(N)c(C#N)c45)c(Cl)cc23)C[C@@H]1CC#N)C(C)Oc1ccc2nc3c(c(CC)c2c1)Cn1c-3cc2c(c1=O)COC(=O)C2CC.CC. The van der Waals surface area contributed by atoms with Crippen LogP contribution >= 0.6 is 22.9 Å². The average Bonchev–Trinajstić information content (AvgIpc) is 4.27. The molecule has 9 heterocycles. The lowest BCUT2D eigenvalue weighted by Gasteiger charge is -2.42. The fourth-order valence-corrected chi connectivity index (χ4v) is 14.0. The van der Waals surface area contributed by atoms with Gasteiger partial charge in [-0.05, 0) is 112 Å². The number of thiophene rings is 1. The zero-order valence-corrected chi connectivity index (χ0v) is 46.8. The molecule has 0 radical (unpaired) electrons. The number of nitrogen functional groups attached to an aromatic ring is 1. The fourth-order valence-electron chi connectivity index (χ4n) is 12.7. The van der Waals surface area contributed by atoms with Gasteiger partial charge in [-0.1, -0.05) is 51.9 Å². The van der Waals surface area contributed by atoms with Gasteiger partial charge in [-0.25, -0.2) is 13.8 Å². The number of pyridine rings is 2. The average molecular weight is 1120 g/mol. The molecule has 7 aromatic rings. The maximum Gasteiger partial charge on any atom is 0.319 e. The molecule has 0 saturated carbocycles. The molecule has 3 saturated heterocycles. The maximum absolute atomic E-state index is 17.6. The van der Waals surface area contributed by atoms with E-state index in [1.807, 2.05) is 56.9 Å². The van der Waals surface area contributed by atoms with Crippen LogP contribution in [-0.4, -0.2) is 98.2 Å². The van der Waals surface area contributed by atoms with Gasteiger partial charge in [0.2, 0.25) is 0 Å². The number of halogens is 3. The van der Waals surface area contributed by atoms with E-state index in [0.717, 1.165) is 66.6 Å². The van der Waals surface area contributed by atoms with Crippen LogP contribution in [0.5, 0.6) is 11.8 Å². The number of hydrogen-bond donors (Lipinski definition) is 1. The Balaban J connectivity index is 0.00000334. The van der Waals surface area contributed by atoms with E-state index >= 15 is 8.78 Å². The van der Waals surface area contributed by atoms with Gasteiger partial charge >= 0.3 is 12.0 Å². The molecule has 2 N–H and O–H groups in total. The lowest BCUT2D eigenvalue weighted by Crippen LogP contribution is -2.56. The van der Waals surface area contributed by atoms with Crippen LogP contribution < -0.4 is 25.7 Å². The smallest absolute Gasteiger partial charge is 0.319 e. The van der Waals surface area contributed by atoms with Crippen molar-refractivity contribution < 1.29 is 32.6 Å². The van der Waals surface area contributed by atoms with E-state index < -0.39 is 35.6 Å². The van der Waals surface area contributed by atoms with Crippen molar-refractivity contribution in [2.75, 3.05) is 50.0 Å². The number of nitrogens with two attached hydrogens (primary N) is 1. The summed E-state index contributed by atoms with van der Waals surface area (Å²) >= 11 is 7.93. The van der Waals surface area contributed by atoms with Crippen molar-refractivity contribution in [3.63, 3.8) is 0 Å². The minimum Gasteiger partial charge on any atom is -0.486 e. The zero-order chi connectivity index (χ0) is 56.5. The Morgan fingerprint density at radius 3 is 2.52 bits per heavy atom. The van der Waals surface area contributed by atoms with E-state index in [9.17, 15) is 24.9 Å². The Labute approximate surface area is 469 Å². The number of piperazine rings is 1. The molecule has 12 rings (SSSR count). The Kier molecular flexibility index (Phi) is 14.5. The number of benzene rings is 3. The van der Waals surface area contributed by atoms with Crippen LogP contribution in [0.3, 0.4) is 0 Å². The fraction of sp³-hybridized carbons (Fsp3) is 0.400. The monoisotopic (exact) mass is 1120 g/mol. The number of aromatic nitrogens is 4. The van der Waals surface area contributed by atoms with Gasteiger partial charge in [0, 0.05) is 52.5 Å². The van der Waals surface area contributed by atoms with Gasteiger partial charge in [0.25, 0.3) is 11.5 Å². The number of nitrogens with zero attached hydrogens (tertiary/aromatic N) is 9. The highest BCUT2D eigenvalue weighted by Crippen LogP contribution is 2.47. The number of ether oxygens (including phenoxy) is 3. The van der Waals surface area contributed by atoms with Crippen LogP contribution in [0.4, 0.5) is 19.6 Å². The largest absolute Gasteiger partial charge is 0.486 e. The van der Waals surface area contributed by atoms with Gasteiger partial charge in [-0.2, -0.15) is 20.5 Å². The molecule has 16 nitrogen and oxygen atoms in total. The van der Waals surface area contributed by atoms with Crippen LogP contribution in [-0.2, 0) is 33.9 Å². The molecule has 3 fully saturated rings. The molecule has 5 aliphatic heterocycles. The first-order valence-corrected chi connectivity index (χ1v) is 28.5. The molecule has 4 aromatic heterocycles. The number of esters is 1. The second-order valence-electron chi connectivity index (χ2n) is 20.9. The van der Waals surface area contributed by atoms with Gasteiger partial charge in [-0.3, -0.25) is 19.3 Å². The summed E-state index contributed by atoms with van der Waals surface area (Å²) in [6.45, 7) is 16.8. The van der Waals surface area contributed by atoms with Gasteiger partial charge in [0.15, 0.2) is 5.82 Å². The predicted octanol–water partition coefficient (Wildman–Crippen LogP) is 10.7. The van der Waals surface area contributed by atoms with Gasteiger partial charge < -0.3 is 34.3 Å². The molecule has 20 heteroatoms. The Morgan fingerprint density at radius 1 is 1.02 bits per heavy atom. The summed E-state index contributed by atoms with van der Waals surface area (Å²) in [5.41, 5.74) is 11.1. The van der Waals surface area contributed by atoms with E-state index in [4.69, 9.17) is 41.5 Å². The quantitative estimate of drug-likeness (QED) is 0.0893. The summed E-state index contributed by atoms with van der Waals surface area (Å²) < 4.78 is 52.9. The van der Waals surface area contributed by atoms with Crippen LogP contribution in [0.25, 0.3) is 54.4 Å². The van der Waals surface area contributed by atoms with Crippen molar-refractivity contribution in [1.82, 2.24) is 29.3 Å². The number of anilines is 2. The predicted molar refractivity (Wildman–Crippen MR) is 304 cm³/mol. The van der Waals surface area contributed by atoms with E-state index in [-0.39, 0.29) is 121 Å². The highest BCUT2D eigenvalue weighted by molar-refractivity contribution is 7.23. The molecule has 0 bridgehead atoms. The topological polar surface area (TPSA) is 206 Å². The highest BCUT2D eigenvalue weighted by Gasteiger charge is 2.45. The van der Waals surface area contributed by atoms with E-state index in [1.165, 1.54) is 12.1 Å². The number of carbonyl (C=O) groups excluding carboxylic acids is 2.